The third-order valence-electron chi connectivity index (χ3n) is 4.12. The van der Waals surface area contributed by atoms with Gasteiger partial charge < -0.3 is 0 Å². The highest BCUT2D eigenvalue weighted by Gasteiger charge is 2.14. The first-order chi connectivity index (χ1) is 13.1. The second-order valence-corrected chi connectivity index (χ2v) is 6.59. The zero-order chi connectivity index (χ0) is 19.0. The maximum atomic E-state index is 12.8. The zero-order valence-corrected chi connectivity index (χ0v) is 14.5. The number of non-ortho nitro benzene ring substituents is 1. The van der Waals surface area contributed by atoms with Crippen molar-refractivity contribution < 1.29 is 4.92 Å². The summed E-state index contributed by atoms with van der Waals surface area (Å²) < 4.78 is 1.40. The van der Waals surface area contributed by atoms with Crippen molar-refractivity contribution in [3.8, 4) is 22.3 Å². The first-order valence-electron chi connectivity index (χ1n) is 7.83. The topological polar surface area (TPSA) is 102 Å². The van der Waals surface area contributed by atoms with Crippen LogP contribution in [0.25, 0.3) is 27.2 Å². The fourth-order valence-electron chi connectivity index (χ4n) is 2.87. The average molecular weight is 374 g/mol. The van der Waals surface area contributed by atoms with E-state index in [0.717, 1.165) is 10.6 Å². The summed E-state index contributed by atoms with van der Waals surface area (Å²) in [5.41, 5.74) is 1.34. The van der Waals surface area contributed by atoms with Gasteiger partial charge in [-0.25, -0.2) is 4.98 Å². The van der Waals surface area contributed by atoms with Gasteiger partial charge in [0.25, 0.3) is 11.2 Å². The molecule has 130 valence electrons. The number of thiazole rings is 1. The van der Waals surface area contributed by atoms with Gasteiger partial charge in [-0.15, -0.1) is 11.3 Å². The number of aromatic nitrogens is 2. The second kappa shape index (κ2) is 6.48. The molecule has 2 aromatic carbocycles. The molecule has 27 heavy (non-hydrogen) atoms. The molecule has 0 aliphatic rings. The molecule has 0 spiro atoms. The van der Waals surface area contributed by atoms with Gasteiger partial charge in [-0.1, -0.05) is 12.1 Å². The van der Waals surface area contributed by atoms with Crippen molar-refractivity contribution >= 4 is 27.9 Å². The molecule has 0 amide bonds. The van der Waals surface area contributed by atoms with Gasteiger partial charge in [0.2, 0.25) is 0 Å². The minimum Gasteiger partial charge on any atom is -0.276 e. The van der Waals surface area contributed by atoms with E-state index in [1.807, 2.05) is 29.6 Å². The number of pyridine rings is 1. The van der Waals surface area contributed by atoms with E-state index in [1.54, 1.807) is 12.3 Å². The van der Waals surface area contributed by atoms with Crippen LogP contribution in [0.3, 0.4) is 0 Å². The van der Waals surface area contributed by atoms with Crippen LogP contribution in [0.1, 0.15) is 5.56 Å². The first-order valence-corrected chi connectivity index (χ1v) is 8.71. The van der Waals surface area contributed by atoms with E-state index in [4.69, 9.17) is 0 Å². The van der Waals surface area contributed by atoms with E-state index in [-0.39, 0.29) is 11.3 Å². The van der Waals surface area contributed by atoms with Crippen LogP contribution < -0.4 is 5.56 Å². The summed E-state index contributed by atoms with van der Waals surface area (Å²) in [6.07, 6.45) is 1.70. The molecule has 0 atom stereocenters. The Morgan fingerprint density at radius 3 is 2.56 bits per heavy atom. The summed E-state index contributed by atoms with van der Waals surface area (Å²) in [6, 6.07) is 14.7. The highest BCUT2D eigenvalue weighted by Crippen LogP contribution is 2.27. The Bertz CT molecular complexity index is 1270. The van der Waals surface area contributed by atoms with Crippen molar-refractivity contribution in [2.24, 2.45) is 0 Å². The summed E-state index contributed by atoms with van der Waals surface area (Å²) >= 11 is 1.48. The summed E-state index contributed by atoms with van der Waals surface area (Å²) in [4.78, 5) is 27.5. The van der Waals surface area contributed by atoms with Crippen molar-refractivity contribution in [2.45, 2.75) is 0 Å². The fourth-order valence-corrected chi connectivity index (χ4v) is 3.50. The number of nitrogens with zero attached hydrogens (tertiary/aromatic N) is 4. The van der Waals surface area contributed by atoms with Gasteiger partial charge in [0.15, 0.2) is 0 Å². The molecule has 0 aliphatic heterocycles. The molecule has 4 rings (SSSR count). The fraction of sp³-hybridized carbons (Fsp3) is 0. The van der Waals surface area contributed by atoms with Crippen LogP contribution in [0.2, 0.25) is 0 Å². The molecule has 0 fully saturated rings. The van der Waals surface area contributed by atoms with E-state index in [2.05, 4.69) is 4.98 Å². The number of nitriles is 1. The van der Waals surface area contributed by atoms with Gasteiger partial charge in [0.05, 0.1) is 10.4 Å². The second-order valence-electron chi connectivity index (χ2n) is 5.69. The van der Waals surface area contributed by atoms with Gasteiger partial charge in [0, 0.05) is 40.3 Å². The summed E-state index contributed by atoms with van der Waals surface area (Å²) in [6.45, 7) is 0. The lowest BCUT2D eigenvalue weighted by atomic mass is 10.1. The summed E-state index contributed by atoms with van der Waals surface area (Å²) in [5, 5.41) is 23.6. The molecule has 0 N–H and O–H groups in total. The van der Waals surface area contributed by atoms with E-state index in [9.17, 15) is 20.2 Å². The van der Waals surface area contributed by atoms with Gasteiger partial charge in [0.1, 0.15) is 16.6 Å². The van der Waals surface area contributed by atoms with Gasteiger partial charge in [-0.3, -0.25) is 19.5 Å². The van der Waals surface area contributed by atoms with Crippen molar-refractivity contribution in [1.82, 2.24) is 9.55 Å². The quantitative estimate of drug-likeness (QED) is 0.400. The summed E-state index contributed by atoms with van der Waals surface area (Å²) in [5.74, 6) is 0. The monoisotopic (exact) mass is 374 g/mol. The lowest BCUT2D eigenvalue weighted by Gasteiger charge is -2.12. The van der Waals surface area contributed by atoms with E-state index < -0.39 is 10.5 Å². The van der Waals surface area contributed by atoms with Gasteiger partial charge >= 0.3 is 0 Å². The van der Waals surface area contributed by atoms with Crippen LogP contribution in [0.4, 0.5) is 5.69 Å². The maximum Gasteiger partial charge on any atom is 0.273 e. The van der Waals surface area contributed by atoms with Crippen LogP contribution in [-0.2, 0) is 0 Å². The van der Waals surface area contributed by atoms with E-state index >= 15 is 0 Å². The number of rotatable bonds is 3. The van der Waals surface area contributed by atoms with Crippen LogP contribution >= 0.6 is 11.3 Å². The molecule has 4 aromatic rings. The van der Waals surface area contributed by atoms with Gasteiger partial charge in [-0.2, -0.15) is 5.26 Å². The van der Waals surface area contributed by atoms with Crippen LogP contribution in [-0.4, -0.2) is 14.5 Å². The average Bonchev–Trinajstić information content (AvgIpc) is 3.22. The molecule has 0 radical (unpaired) electrons. The van der Waals surface area contributed by atoms with Crippen molar-refractivity contribution in [2.75, 3.05) is 0 Å². The highest BCUT2D eigenvalue weighted by atomic mass is 32.1. The minimum absolute atomic E-state index is 0.00264. The van der Waals surface area contributed by atoms with E-state index in [0.29, 0.717) is 16.6 Å². The third kappa shape index (κ3) is 2.86. The molecule has 0 aliphatic carbocycles. The Balaban J connectivity index is 2.02. The number of nitro benzene ring substituents is 1. The SMILES string of the molecule is N#Cc1cc2ccc(-c3nccs3)cc2n(-c2ccc([N+](=O)[O-])cc2)c1=O. The predicted octanol–water partition coefficient (Wildman–Crippen LogP) is 3.89. The maximum absolute atomic E-state index is 12.8. The molecule has 7 nitrogen and oxygen atoms in total. The smallest absolute Gasteiger partial charge is 0.273 e. The van der Waals surface area contributed by atoms with Crippen LogP contribution in [0, 0.1) is 21.4 Å². The Kier molecular flexibility index (Phi) is 3.99. The molecule has 0 saturated carbocycles. The lowest BCUT2D eigenvalue weighted by Crippen LogP contribution is -2.21. The molecule has 8 heteroatoms. The normalized spacial score (nSPS) is 10.6. The highest BCUT2D eigenvalue weighted by molar-refractivity contribution is 7.13. The molecular formula is C19H10N4O3S. The number of fused-ring (bicyclic) bond motifs is 1. The molecule has 0 saturated heterocycles. The molecule has 0 unspecified atom stereocenters. The molecular weight excluding hydrogens is 364 g/mol. The number of nitro groups is 1. The van der Waals surface area contributed by atoms with Crippen LogP contribution in [0.5, 0.6) is 0 Å². The molecule has 0 bridgehead atoms. The van der Waals surface area contributed by atoms with Crippen LogP contribution in [0.15, 0.2) is 64.9 Å². The Hall–Kier alpha value is -3.83. The zero-order valence-electron chi connectivity index (χ0n) is 13.7. The molecule has 2 heterocycles. The number of hydrogen-bond acceptors (Lipinski definition) is 6. The number of hydrogen-bond donors (Lipinski definition) is 0. The Morgan fingerprint density at radius 1 is 1.15 bits per heavy atom. The Morgan fingerprint density at radius 2 is 1.93 bits per heavy atom. The molecule has 2 aromatic heterocycles. The number of benzene rings is 2. The third-order valence-corrected chi connectivity index (χ3v) is 4.95. The standard InChI is InChI=1S/C19H10N4O3S/c20-11-14-9-12-1-2-13(18-21-7-8-27-18)10-17(12)22(19(14)24)15-3-5-16(6-4-15)23(25)26/h1-10H. The van der Waals surface area contributed by atoms with Crippen molar-refractivity contribution in [3.05, 3.63) is 86.1 Å². The van der Waals surface area contributed by atoms with Crippen molar-refractivity contribution in [3.63, 3.8) is 0 Å². The predicted molar refractivity (Wildman–Crippen MR) is 102 cm³/mol. The van der Waals surface area contributed by atoms with Crippen molar-refractivity contribution in [1.29, 1.82) is 5.26 Å². The Labute approximate surface area is 156 Å². The first kappa shape index (κ1) is 16.6. The van der Waals surface area contributed by atoms with Gasteiger partial charge in [-0.05, 0) is 24.3 Å². The van der Waals surface area contributed by atoms with E-state index in [1.165, 1.54) is 40.2 Å². The minimum atomic E-state index is -0.503. The largest absolute Gasteiger partial charge is 0.276 e. The summed E-state index contributed by atoms with van der Waals surface area (Å²) in [7, 11) is 0. The lowest BCUT2D eigenvalue weighted by molar-refractivity contribution is -0.384.